The molecular formula is C22H25ClN4O5. The van der Waals surface area contributed by atoms with Gasteiger partial charge >= 0.3 is 0 Å². The van der Waals surface area contributed by atoms with Gasteiger partial charge in [0.05, 0.1) is 19.9 Å². The summed E-state index contributed by atoms with van der Waals surface area (Å²) in [4.78, 5) is 45.1. The lowest BCUT2D eigenvalue weighted by molar-refractivity contribution is -0.132. The third kappa shape index (κ3) is 4.72. The summed E-state index contributed by atoms with van der Waals surface area (Å²) in [6.45, 7) is 2.44. The van der Waals surface area contributed by atoms with Gasteiger partial charge in [-0.3, -0.25) is 14.4 Å². The van der Waals surface area contributed by atoms with Gasteiger partial charge in [-0.1, -0.05) is 11.6 Å². The first-order valence-electron chi connectivity index (χ1n) is 10.5. The number of ether oxygens (including phenoxy) is 1. The van der Waals surface area contributed by atoms with Crippen LogP contribution in [0.4, 0.5) is 0 Å². The first kappa shape index (κ1) is 22.1. The van der Waals surface area contributed by atoms with Crippen LogP contribution in [0.25, 0.3) is 0 Å². The monoisotopic (exact) mass is 460 g/mol. The molecule has 0 unspecified atom stereocenters. The van der Waals surface area contributed by atoms with Crippen molar-refractivity contribution in [2.45, 2.75) is 19.3 Å². The molecule has 2 aliphatic rings. The van der Waals surface area contributed by atoms with Crippen LogP contribution in [0.1, 0.15) is 40.2 Å². The van der Waals surface area contributed by atoms with Crippen molar-refractivity contribution >= 4 is 29.3 Å². The van der Waals surface area contributed by atoms with E-state index in [0.29, 0.717) is 37.6 Å². The maximum absolute atomic E-state index is 13.0. The van der Waals surface area contributed by atoms with Crippen LogP contribution in [0, 0.1) is 5.41 Å². The molecule has 0 saturated carbocycles. The van der Waals surface area contributed by atoms with E-state index in [1.54, 1.807) is 29.2 Å². The van der Waals surface area contributed by atoms with Crippen molar-refractivity contribution in [3.05, 3.63) is 47.0 Å². The van der Waals surface area contributed by atoms with Gasteiger partial charge in [0.2, 0.25) is 11.8 Å². The fraction of sp³-hybridized carbons (Fsp3) is 0.455. The number of nitrogens with one attached hydrogen (secondary N) is 1. The minimum Gasteiger partial charge on any atom is -0.481 e. The van der Waals surface area contributed by atoms with Crippen molar-refractivity contribution in [1.29, 1.82) is 0 Å². The van der Waals surface area contributed by atoms with E-state index in [1.807, 2.05) is 4.90 Å². The normalized spacial score (nSPS) is 17.4. The molecule has 0 bridgehead atoms. The van der Waals surface area contributed by atoms with Crippen LogP contribution < -0.4 is 10.1 Å². The Kier molecular flexibility index (Phi) is 6.36. The van der Waals surface area contributed by atoms with E-state index >= 15 is 0 Å². The van der Waals surface area contributed by atoms with Gasteiger partial charge in [-0.15, -0.1) is 0 Å². The van der Waals surface area contributed by atoms with E-state index in [1.165, 1.54) is 13.4 Å². The van der Waals surface area contributed by atoms with Gasteiger partial charge in [-0.25, -0.2) is 4.98 Å². The molecule has 170 valence electrons. The summed E-state index contributed by atoms with van der Waals surface area (Å²) in [5.74, 6) is -0.137. The number of rotatable bonds is 5. The van der Waals surface area contributed by atoms with Gasteiger partial charge < -0.3 is 24.3 Å². The summed E-state index contributed by atoms with van der Waals surface area (Å²) >= 11 is 6.01. The molecule has 0 aliphatic carbocycles. The van der Waals surface area contributed by atoms with E-state index in [9.17, 15) is 14.4 Å². The summed E-state index contributed by atoms with van der Waals surface area (Å²) in [7, 11) is 1.48. The number of halogens is 1. The largest absolute Gasteiger partial charge is 0.481 e. The first-order valence-corrected chi connectivity index (χ1v) is 10.9. The minimum absolute atomic E-state index is 0.00473. The summed E-state index contributed by atoms with van der Waals surface area (Å²) in [6, 6.07) is 6.32. The Morgan fingerprint density at radius 2 is 1.91 bits per heavy atom. The molecule has 0 atom stereocenters. The molecule has 0 radical (unpaired) electrons. The highest BCUT2D eigenvalue weighted by Gasteiger charge is 2.43. The Morgan fingerprint density at radius 1 is 1.19 bits per heavy atom. The number of likely N-dealkylation sites (tertiary alicyclic amines) is 2. The molecule has 3 amide bonds. The van der Waals surface area contributed by atoms with Crippen LogP contribution in [0.5, 0.6) is 5.88 Å². The van der Waals surface area contributed by atoms with Crippen LogP contribution in [0.15, 0.2) is 34.9 Å². The number of nitrogens with zero attached hydrogens (tertiary/aromatic N) is 3. The van der Waals surface area contributed by atoms with Gasteiger partial charge in [0.15, 0.2) is 5.76 Å². The molecule has 4 heterocycles. The van der Waals surface area contributed by atoms with E-state index < -0.39 is 5.91 Å². The average Bonchev–Trinajstić information content (AvgIpc) is 3.48. The number of hydrogen-bond acceptors (Lipinski definition) is 6. The van der Waals surface area contributed by atoms with Crippen molar-refractivity contribution in [2.24, 2.45) is 5.41 Å². The molecule has 2 saturated heterocycles. The molecule has 10 heteroatoms. The number of aromatic nitrogens is 1. The molecule has 2 aromatic rings. The number of methoxy groups -OCH3 is 1. The maximum atomic E-state index is 13.0. The number of pyridine rings is 1. The lowest BCUT2D eigenvalue weighted by Gasteiger charge is -2.39. The molecule has 2 aromatic heterocycles. The van der Waals surface area contributed by atoms with Gasteiger partial charge in [-0.2, -0.15) is 0 Å². The molecule has 32 heavy (non-hydrogen) atoms. The quantitative estimate of drug-likeness (QED) is 0.686. The Balaban J connectivity index is 1.29. The van der Waals surface area contributed by atoms with Gasteiger partial charge in [0.1, 0.15) is 5.15 Å². The zero-order valence-corrected chi connectivity index (χ0v) is 18.6. The number of furan rings is 1. The molecule has 0 aromatic carbocycles. The predicted octanol–water partition coefficient (Wildman–Crippen LogP) is 2.22. The van der Waals surface area contributed by atoms with E-state index in [2.05, 4.69) is 10.3 Å². The number of carbonyl (C=O) groups is 3. The molecule has 4 rings (SSSR count). The Morgan fingerprint density at radius 3 is 2.56 bits per heavy atom. The van der Waals surface area contributed by atoms with Crippen LogP contribution in [-0.2, 0) is 4.79 Å². The first-order chi connectivity index (χ1) is 15.4. The smallest absolute Gasteiger partial charge is 0.287 e. The Labute approximate surface area is 190 Å². The zero-order valence-electron chi connectivity index (χ0n) is 17.8. The second-order valence-electron chi connectivity index (χ2n) is 8.24. The predicted molar refractivity (Wildman–Crippen MR) is 116 cm³/mol. The summed E-state index contributed by atoms with van der Waals surface area (Å²) in [6.07, 6.45) is 3.94. The van der Waals surface area contributed by atoms with Gasteiger partial charge in [-0.05, 0) is 42.9 Å². The SMILES string of the molecule is COc1cc(C(=O)N2CCC3(CCN(C(=O)CNC(=O)c4ccco4)CC3)C2)cc(Cl)n1. The highest BCUT2D eigenvalue weighted by Crippen LogP contribution is 2.41. The standard InChI is InChI=1S/C22H25ClN4O5/c1-31-18-12-15(11-17(23)25-18)21(30)27-9-6-22(14-27)4-7-26(8-5-22)19(28)13-24-20(29)16-3-2-10-32-16/h2-3,10-12H,4-9,13-14H2,1H3,(H,24,29). The van der Waals surface area contributed by atoms with Crippen LogP contribution in [0.2, 0.25) is 5.15 Å². The van der Waals surface area contributed by atoms with Crippen molar-refractivity contribution in [3.63, 3.8) is 0 Å². The number of piperidine rings is 1. The van der Waals surface area contributed by atoms with Crippen LogP contribution in [0.3, 0.4) is 0 Å². The highest BCUT2D eigenvalue weighted by molar-refractivity contribution is 6.29. The molecule has 2 aliphatic heterocycles. The van der Waals surface area contributed by atoms with Gasteiger partial charge in [0.25, 0.3) is 11.8 Å². The molecule has 2 fully saturated rings. The van der Waals surface area contributed by atoms with Crippen molar-refractivity contribution in [2.75, 3.05) is 39.8 Å². The minimum atomic E-state index is -0.408. The topological polar surface area (TPSA) is 105 Å². The summed E-state index contributed by atoms with van der Waals surface area (Å²) < 4.78 is 10.1. The molecular weight excluding hydrogens is 436 g/mol. The fourth-order valence-electron chi connectivity index (χ4n) is 4.39. The van der Waals surface area contributed by atoms with Crippen molar-refractivity contribution in [3.8, 4) is 5.88 Å². The number of amides is 3. The second kappa shape index (κ2) is 9.20. The number of hydrogen-bond donors (Lipinski definition) is 1. The lowest BCUT2D eigenvalue weighted by Crippen LogP contribution is -2.47. The van der Waals surface area contributed by atoms with Gasteiger partial charge in [0, 0.05) is 37.8 Å². The third-order valence-corrected chi connectivity index (χ3v) is 6.47. The van der Waals surface area contributed by atoms with E-state index in [-0.39, 0.29) is 34.7 Å². The van der Waals surface area contributed by atoms with E-state index in [4.69, 9.17) is 20.8 Å². The van der Waals surface area contributed by atoms with E-state index in [0.717, 1.165) is 19.3 Å². The zero-order chi connectivity index (χ0) is 22.7. The van der Waals surface area contributed by atoms with Crippen molar-refractivity contribution in [1.82, 2.24) is 20.1 Å². The average molecular weight is 461 g/mol. The second-order valence-corrected chi connectivity index (χ2v) is 8.63. The summed E-state index contributed by atoms with van der Waals surface area (Å²) in [5, 5.41) is 2.81. The lowest BCUT2D eigenvalue weighted by atomic mass is 9.78. The Bertz CT molecular complexity index is 1000. The third-order valence-electron chi connectivity index (χ3n) is 6.27. The maximum Gasteiger partial charge on any atom is 0.287 e. The highest BCUT2D eigenvalue weighted by atomic mass is 35.5. The fourth-order valence-corrected chi connectivity index (χ4v) is 4.59. The molecule has 1 N–H and O–H groups in total. The van der Waals surface area contributed by atoms with Crippen LogP contribution >= 0.6 is 11.6 Å². The van der Waals surface area contributed by atoms with Crippen molar-refractivity contribution < 1.29 is 23.5 Å². The molecule has 9 nitrogen and oxygen atoms in total. The summed E-state index contributed by atoms with van der Waals surface area (Å²) in [5.41, 5.74) is 0.462. The Hall–Kier alpha value is -3.07. The molecule has 1 spiro atoms. The number of carbonyl (C=O) groups excluding carboxylic acids is 3. The van der Waals surface area contributed by atoms with Crippen LogP contribution in [-0.4, -0.2) is 72.3 Å².